The molecule has 5 nitrogen and oxygen atoms in total. The fourth-order valence-electron chi connectivity index (χ4n) is 4.00. The Morgan fingerprint density at radius 1 is 0.839 bits per heavy atom. The number of nitrogens with zero attached hydrogens (tertiary/aromatic N) is 2. The molecule has 3 aromatic rings. The predicted molar refractivity (Wildman–Crippen MR) is 122 cm³/mol. The van der Waals surface area contributed by atoms with E-state index in [9.17, 15) is 14.4 Å². The van der Waals surface area contributed by atoms with Crippen LogP contribution in [0.15, 0.2) is 60.7 Å². The average Bonchev–Trinajstić information content (AvgIpc) is 3.01. The number of aryl methyl sites for hydroxylation is 3. The molecule has 0 unspecified atom stereocenters. The van der Waals surface area contributed by atoms with Crippen LogP contribution < -0.4 is 9.80 Å². The molecule has 1 aliphatic heterocycles. The van der Waals surface area contributed by atoms with Gasteiger partial charge in [-0.25, -0.2) is 4.90 Å². The van der Waals surface area contributed by atoms with Gasteiger partial charge < -0.3 is 4.90 Å². The summed E-state index contributed by atoms with van der Waals surface area (Å²) in [6.45, 7) is 8.15. The van der Waals surface area contributed by atoms with Gasteiger partial charge in [-0.3, -0.25) is 14.4 Å². The predicted octanol–water partition coefficient (Wildman–Crippen LogP) is 5.08. The second kappa shape index (κ2) is 7.84. The molecule has 0 N–H and O–H groups in total. The van der Waals surface area contributed by atoms with Crippen LogP contribution in [0.5, 0.6) is 0 Å². The molecule has 0 atom stereocenters. The molecule has 3 amide bonds. The molecule has 0 bridgehead atoms. The van der Waals surface area contributed by atoms with Gasteiger partial charge in [-0.2, -0.15) is 0 Å². The molecular formula is C26H24N2O3. The molecule has 1 heterocycles. The monoisotopic (exact) mass is 412 g/mol. The van der Waals surface area contributed by atoms with Crippen LogP contribution in [0.2, 0.25) is 0 Å². The second-order valence-electron chi connectivity index (χ2n) is 7.83. The van der Waals surface area contributed by atoms with Gasteiger partial charge in [0, 0.05) is 17.8 Å². The van der Waals surface area contributed by atoms with Gasteiger partial charge in [0.2, 0.25) is 0 Å². The van der Waals surface area contributed by atoms with Gasteiger partial charge in [-0.05, 0) is 74.7 Å². The number of benzene rings is 3. The quantitative estimate of drug-likeness (QED) is 0.562. The molecule has 0 spiro atoms. The first kappa shape index (κ1) is 20.5. The summed E-state index contributed by atoms with van der Waals surface area (Å²) in [7, 11) is 0. The first-order valence-corrected chi connectivity index (χ1v) is 10.3. The van der Waals surface area contributed by atoms with E-state index < -0.39 is 5.91 Å². The normalized spacial score (nSPS) is 12.8. The van der Waals surface area contributed by atoms with Crippen LogP contribution in [0.3, 0.4) is 0 Å². The van der Waals surface area contributed by atoms with Crippen LogP contribution in [0.1, 0.15) is 54.7 Å². The van der Waals surface area contributed by atoms with E-state index in [1.54, 1.807) is 23.1 Å². The Balaban J connectivity index is 1.72. The van der Waals surface area contributed by atoms with Gasteiger partial charge in [0.1, 0.15) is 0 Å². The number of fused-ring (bicyclic) bond motifs is 1. The van der Waals surface area contributed by atoms with Crippen molar-refractivity contribution < 1.29 is 14.4 Å². The molecule has 156 valence electrons. The summed E-state index contributed by atoms with van der Waals surface area (Å²) in [4.78, 5) is 42.4. The number of carbonyl (C=O) groups is 3. The molecule has 0 fully saturated rings. The number of carbonyl (C=O) groups excluding carboxylic acids is 3. The summed E-state index contributed by atoms with van der Waals surface area (Å²) in [5, 5.41) is 0. The fraction of sp³-hybridized carbons (Fsp3) is 0.192. The Morgan fingerprint density at radius 3 is 2.26 bits per heavy atom. The van der Waals surface area contributed by atoms with Crippen molar-refractivity contribution in [1.82, 2.24) is 0 Å². The molecule has 0 radical (unpaired) electrons. The van der Waals surface area contributed by atoms with E-state index in [-0.39, 0.29) is 17.4 Å². The van der Waals surface area contributed by atoms with Crippen LogP contribution in [0.4, 0.5) is 11.4 Å². The fourth-order valence-corrected chi connectivity index (χ4v) is 4.00. The standard InChI is InChI=1S/C26H24N2O3/c1-5-27(22-9-7-6-8-17(22)3)24(29)19-12-13-20-21(15-19)26(31)28(25(20)30)23-14-16(2)10-11-18(23)4/h6-15H,5H2,1-4H3. The highest BCUT2D eigenvalue weighted by Gasteiger charge is 2.38. The van der Waals surface area contributed by atoms with Crippen molar-refractivity contribution in [2.45, 2.75) is 27.7 Å². The number of para-hydroxylation sites is 1. The van der Waals surface area contributed by atoms with E-state index in [2.05, 4.69) is 0 Å². The van der Waals surface area contributed by atoms with Gasteiger partial charge in [0.05, 0.1) is 16.8 Å². The van der Waals surface area contributed by atoms with Crippen LogP contribution in [0, 0.1) is 20.8 Å². The summed E-state index contributed by atoms with van der Waals surface area (Å²) >= 11 is 0. The van der Waals surface area contributed by atoms with Crippen molar-refractivity contribution in [3.63, 3.8) is 0 Å². The van der Waals surface area contributed by atoms with E-state index in [0.717, 1.165) is 22.4 Å². The Labute approximate surface area is 181 Å². The number of hydrogen-bond acceptors (Lipinski definition) is 3. The Hall–Kier alpha value is -3.73. The highest BCUT2D eigenvalue weighted by atomic mass is 16.2. The smallest absolute Gasteiger partial charge is 0.266 e. The molecule has 0 aliphatic carbocycles. The first-order valence-electron chi connectivity index (χ1n) is 10.3. The van der Waals surface area contributed by atoms with E-state index in [0.29, 0.717) is 23.4 Å². The van der Waals surface area contributed by atoms with Crippen LogP contribution in [-0.4, -0.2) is 24.3 Å². The van der Waals surface area contributed by atoms with Gasteiger partial charge in [0.15, 0.2) is 0 Å². The highest BCUT2D eigenvalue weighted by molar-refractivity contribution is 6.35. The third-order valence-corrected chi connectivity index (χ3v) is 5.71. The van der Waals surface area contributed by atoms with Gasteiger partial charge in [-0.15, -0.1) is 0 Å². The number of amides is 3. The van der Waals surface area contributed by atoms with Gasteiger partial charge in [0.25, 0.3) is 17.7 Å². The lowest BCUT2D eigenvalue weighted by molar-refractivity contribution is 0.0925. The van der Waals surface area contributed by atoms with Crippen molar-refractivity contribution in [2.24, 2.45) is 0 Å². The van der Waals surface area contributed by atoms with Crippen LogP contribution in [0.25, 0.3) is 0 Å². The largest absolute Gasteiger partial charge is 0.308 e. The Bertz CT molecular complexity index is 1230. The van der Waals surface area contributed by atoms with Crippen molar-refractivity contribution in [3.05, 3.63) is 94.0 Å². The summed E-state index contributed by atoms with van der Waals surface area (Å²) in [6.07, 6.45) is 0. The summed E-state index contributed by atoms with van der Waals surface area (Å²) < 4.78 is 0. The maximum atomic E-state index is 13.3. The first-order chi connectivity index (χ1) is 14.8. The maximum Gasteiger partial charge on any atom is 0.266 e. The molecule has 31 heavy (non-hydrogen) atoms. The minimum Gasteiger partial charge on any atom is -0.308 e. The minimum absolute atomic E-state index is 0.204. The summed E-state index contributed by atoms with van der Waals surface area (Å²) in [6, 6.07) is 18.1. The average molecular weight is 412 g/mol. The second-order valence-corrected chi connectivity index (χ2v) is 7.83. The summed E-state index contributed by atoms with van der Waals surface area (Å²) in [5.41, 5.74) is 5.17. The molecular weight excluding hydrogens is 388 g/mol. The van der Waals surface area contributed by atoms with E-state index in [1.165, 1.54) is 4.90 Å². The van der Waals surface area contributed by atoms with Crippen LogP contribution >= 0.6 is 0 Å². The van der Waals surface area contributed by atoms with Crippen LogP contribution in [-0.2, 0) is 0 Å². The zero-order chi connectivity index (χ0) is 22.3. The SMILES string of the molecule is CCN(C(=O)c1ccc2c(c1)C(=O)N(c1cc(C)ccc1C)C2=O)c1ccccc1C. The van der Waals surface area contributed by atoms with Gasteiger partial charge >= 0.3 is 0 Å². The van der Waals surface area contributed by atoms with E-state index >= 15 is 0 Å². The maximum absolute atomic E-state index is 13.3. The minimum atomic E-state index is -0.401. The molecule has 0 aromatic heterocycles. The lowest BCUT2D eigenvalue weighted by atomic mass is 10.0. The number of anilines is 2. The van der Waals surface area contributed by atoms with E-state index in [1.807, 2.05) is 70.2 Å². The van der Waals surface area contributed by atoms with Crippen molar-refractivity contribution >= 4 is 29.1 Å². The molecule has 0 saturated carbocycles. The topological polar surface area (TPSA) is 57.7 Å². The highest BCUT2D eigenvalue weighted by Crippen LogP contribution is 2.32. The van der Waals surface area contributed by atoms with Gasteiger partial charge in [-0.1, -0.05) is 30.3 Å². The molecule has 5 heteroatoms. The van der Waals surface area contributed by atoms with E-state index in [4.69, 9.17) is 0 Å². The third-order valence-electron chi connectivity index (χ3n) is 5.71. The lowest BCUT2D eigenvalue weighted by Gasteiger charge is -2.23. The molecule has 1 aliphatic rings. The Kier molecular flexibility index (Phi) is 5.19. The molecule has 0 saturated heterocycles. The number of hydrogen-bond donors (Lipinski definition) is 0. The summed E-state index contributed by atoms with van der Waals surface area (Å²) in [5.74, 6) is -0.966. The third kappa shape index (κ3) is 3.42. The Morgan fingerprint density at radius 2 is 1.55 bits per heavy atom. The molecule has 4 rings (SSSR count). The zero-order valence-corrected chi connectivity index (χ0v) is 18.1. The number of imide groups is 1. The van der Waals surface area contributed by atoms with Crippen molar-refractivity contribution in [2.75, 3.05) is 16.3 Å². The molecule has 3 aromatic carbocycles. The van der Waals surface area contributed by atoms with Crippen molar-refractivity contribution in [1.29, 1.82) is 0 Å². The number of rotatable bonds is 4. The zero-order valence-electron chi connectivity index (χ0n) is 18.1. The van der Waals surface area contributed by atoms with Crippen molar-refractivity contribution in [3.8, 4) is 0 Å². The lowest BCUT2D eigenvalue weighted by Crippen LogP contribution is -2.31.